The largest absolute Gasteiger partial charge is 0.492 e. The summed E-state index contributed by atoms with van der Waals surface area (Å²) in [6, 6.07) is 9.35. The van der Waals surface area contributed by atoms with Crippen LogP contribution in [0.2, 0.25) is 4.34 Å². The molecule has 0 spiro atoms. The van der Waals surface area contributed by atoms with Crippen LogP contribution in [0.15, 0.2) is 49.1 Å². The predicted molar refractivity (Wildman–Crippen MR) is 126 cm³/mol. The maximum Gasteiger partial charge on any atom is 0.270 e. The van der Waals surface area contributed by atoms with Crippen LogP contribution in [-0.4, -0.2) is 33.6 Å². The highest BCUT2D eigenvalue weighted by atomic mass is 35.5. The number of hydrogen-bond acceptors (Lipinski definition) is 6. The lowest BCUT2D eigenvalue weighted by molar-refractivity contribution is 0.0990. The first-order valence-corrected chi connectivity index (χ1v) is 11.2. The van der Waals surface area contributed by atoms with E-state index in [1.807, 2.05) is 35.9 Å². The summed E-state index contributed by atoms with van der Waals surface area (Å²) >= 11 is 8.82. The van der Waals surface area contributed by atoms with Crippen LogP contribution in [0.25, 0.3) is 10.2 Å². The summed E-state index contributed by atoms with van der Waals surface area (Å²) in [4.78, 5) is 24.4. The number of hydrogen-bond donors (Lipinski definition) is 0. The van der Waals surface area contributed by atoms with Gasteiger partial charge in [0.25, 0.3) is 5.91 Å². The third-order valence-corrected chi connectivity index (χ3v) is 6.55. The van der Waals surface area contributed by atoms with Gasteiger partial charge in [0, 0.05) is 25.5 Å². The summed E-state index contributed by atoms with van der Waals surface area (Å²) < 4.78 is 9.28. The van der Waals surface area contributed by atoms with Gasteiger partial charge in [-0.3, -0.25) is 9.69 Å². The van der Waals surface area contributed by atoms with Crippen molar-refractivity contribution in [3.05, 3.63) is 58.3 Å². The number of aromatic nitrogens is 3. The van der Waals surface area contributed by atoms with E-state index in [0.717, 1.165) is 28.9 Å². The molecule has 0 unspecified atom stereocenters. The standard InChI is InChI=1S/C20H19ClN4O2S2.ClH/c1-2-27-14-5-3-6-15-18(14)23-20(29-15)25(11-4-10-24-12-9-22-13-24)19(26)16-7-8-17(21)28-16;/h3,5-9,12-13H,2,4,10-11H2,1H3;1H. The number of nitrogens with zero attached hydrogens (tertiary/aromatic N) is 4. The van der Waals surface area contributed by atoms with Crippen molar-refractivity contribution in [2.45, 2.75) is 19.9 Å². The highest BCUT2D eigenvalue weighted by molar-refractivity contribution is 7.22. The molecular weight excluding hydrogens is 463 g/mol. The Morgan fingerprint density at radius 2 is 2.13 bits per heavy atom. The van der Waals surface area contributed by atoms with E-state index in [2.05, 4.69) is 4.98 Å². The molecule has 1 amide bonds. The second-order valence-electron chi connectivity index (χ2n) is 6.25. The molecule has 0 aliphatic rings. The number of thiazole rings is 1. The molecule has 0 N–H and O–H groups in total. The molecule has 0 saturated carbocycles. The molecule has 10 heteroatoms. The van der Waals surface area contributed by atoms with E-state index in [0.29, 0.717) is 27.5 Å². The van der Waals surface area contributed by atoms with E-state index < -0.39 is 0 Å². The Hall–Kier alpha value is -2.13. The molecular formula is C20H20Cl2N4O2S2. The van der Waals surface area contributed by atoms with Crippen molar-refractivity contribution in [1.29, 1.82) is 0 Å². The zero-order valence-corrected chi connectivity index (χ0v) is 19.4. The minimum Gasteiger partial charge on any atom is -0.492 e. The number of para-hydroxylation sites is 1. The number of anilines is 1. The van der Waals surface area contributed by atoms with E-state index in [4.69, 9.17) is 21.3 Å². The molecule has 0 fully saturated rings. The van der Waals surface area contributed by atoms with Gasteiger partial charge in [-0.2, -0.15) is 0 Å². The molecule has 0 radical (unpaired) electrons. The zero-order chi connectivity index (χ0) is 20.2. The fraction of sp³-hybridized carbons (Fsp3) is 0.250. The van der Waals surface area contributed by atoms with Gasteiger partial charge in [-0.1, -0.05) is 29.0 Å². The molecule has 158 valence electrons. The number of amides is 1. The topological polar surface area (TPSA) is 60.2 Å². The third-order valence-electron chi connectivity index (χ3n) is 4.29. The normalized spacial score (nSPS) is 10.7. The summed E-state index contributed by atoms with van der Waals surface area (Å²) in [5.41, 5.74) is 0.783. The van der Waals surface area contributed by atoms with Crippen molar-refractivity contribution in [3.63, 3.8) is 0 Å². The minimum atomic E-state index is -0.0930. The van der Waals surface area contributed by atoms with Gasteiger partial charge in [-0.05, 0) is 37.6 Å². The highest BCUT2D eigenvalue weighted by Crippen LogP contribution is 2.35. The number of halogens is 2. The van der Waals surface area contributed by atoms with E-state index in [9.17, 15) is 4.79 Å². The number of imidazole rings is 1. The maximum absolute atomic E-state index is 13.2. The van der Waals surface area contributed by atoms with Crippen LogP contribution >= 0.6 is 46.7 Å². The van der Waals surface area contributed by atoms with Crippen molar-refractivity contribution < 1.29 is 9.53 Å². The van der Waals surface area contributed by atoms with Gasteiger partial charge in [0.15, 0.2) is 5.13 Å². The predicted octanol–water partition coefficient (Wildman–Crippen LogP) is 5.77. The molecule has 1 aromatic carbocycles. The van der Waals surface area contributed by atoms with Crippen molar-refractivity contribution in [3.8, 4) is 5.75 Å². The van der Waals surface area contributed by atoms with Gasteiger partial charge in [0.2, 0.25) is 0 Å². The van der Waals surface area contributed by atoms with Gasteiger partial charge in [0.05, 0.1) is 26.8 Å². The van der Waals surface area contributed by atoms with Crippen LogP contribution < -0.4 is 9.64 Å². The summed E-state index contributed by atoms with van der Waals surface area (Å²) in [5.74, 6) is 0.641. The quantitative estimate of drug-likeness (QED) is 0.320. The molecule has 0 aliphatic heterocycles. The van der Waals surface area contributed by atoms with Gasteiger partial charge < -0.3 is 9.30 Å². The molecule has 3 heterocycles. The molecule has 4 rings (SSSR count). The second-order valence-corrected chi connectivity index (χ2v) is 8.97. The molecule has 4 aromatic rings. The Morgan fingerprint density at radius 1 is 1.27 bits per heavy atom. The lowest BCUT2D eigenvalue weighted by atomic mass is 10.3. The van der Waals surface area contributed by atoms with Crippen LogP contribution in [0.3, 0.4) is 0 Å². The Kier molecular flexibility index (Phi) is 7.71. The fourth-order valence-electron chi connectivity index (χ4n) is 2.98. The Morgan fingerprint density at radius 3 is 2.83 bits per heavy atom. The number of carbonyl (C=O) groups excluding carboxylic acids is 1. The van der Waals surface area contributed by atoms with Gasteiger partial charge in [-0.25, -0.2) is 9.97 Å². The second kappa shape index (κ2) is 10.3. The monoisotopic (exact) mass is 482 g/mol. The molecule has 0 bridgehead atoms. The van der Waals surface area contributed by atoms with Crippen LogP contribution in [-0.2, 0) is 6.54 Å². The number of ether oxygens (including phenoxy) is 1. The molecule has 0 aliphatic carbocycles. The van der Waals surface area contributed by atoms with Crippen LogP contribution in [0.1, 0.15) is 23.0 Å². The first-order chi connectivity index (χ1) is 14.2. The number of fused-ring (bicyclic) bond motifs is 1. The van der Waals surface area contributed by atoms with E-state index in [-0.39, 0.29) is 18.3 Å². The molecule has 3 aromatic heterocycles. The lowest BCUT2D eigenvalue weighted by Gasteiger charge is -2.19. The molecule has 6 nitrogen and oxygen atoms in total. The molecule has 0 saturated heterocycles. The first kappa shape index (κ1) is 22.6. The lowest BCUT2D eigenvalue weighted by Crippen LogP contribution is -2.31. The highest BCUT2D eigenvalue weighted by Gasteiger charge is 2.23. The SMILES string of the molecule is CCOc1cccc2sc(N(CCCn3ccnc3)C(=O)c3ccc(Cl)s3)nc12.Cl. The average Bonchev–Trinajstić information content (AvgIpc) is 3.46. The van der Waals surface area contributed by atoms with Gasteiger partial charge in [-0.15, -0.1) is 23.7 Å². The summed E-state index contributed by atoms with van der Waals surface area (Å²) in [6.07, 6.45) is 6.21. The third kappa shape index (κ3) is 4.95. The molecule has 30 heavy (non-hydrogen) atoms. The first-order valence-electron chi connectivity index (χ1n) is 9.21. The molecule has 0 atom stereocenters. The Labute approximate surface area is 193 Å². The van der Waals surface area contributed by atoms with Crippen molar-refractivity contribution in [2.24, 2.45) is 0 Å². The summed E-state index contributed by atoms with van der Waals surface area (Å²) in [5, 5.41) is 0.660. The number of rotatable bonds is 8. The zero-order valence-electron chi connectivity index (χ0n) is 16.2. The van der Waals surface area contributed by atoms with Crippen LogP contribution in [0.4, 0.5) is 5.13 Å². The number of benzene rings is 1. The number of thiophene rings is 1. The minimum absolute atomic E-state index is 0. The van der Waals surface area contributed by atoms with Crippen molar-refractivity contribution >= 4 is 67.9 Å². The summed E-state index contributed by atoms with van der Waals surface area (Å²) in [6.45, 7) is 3.81. The van der Waals surface area contributed by atoms with E-state index in [1.165, 1.54) is 22.7 Å². The number of aryl methyl sites for hydroxylation is 1. The Balaban J connectivity index is 0.00000256. The van der Waals surface area contributed by atoms with Gasteiger partial charge in [0.1, 0.15) is 11.3 Å². The maximum atomic E-state index is 13.2. The fourth-order valence-corrected chi connectivity index (χ4v) is 4.98. The summed E-state index contributed by atoms with van der Waals surface area (Å²) in [7, 11) is 0. The van der Waals surface area contributed by atoms with Gasteiger partial charge >= 0.3 is 0 Å². The van der Waals surface area contributed by atoms with E-state index in [1.54, 1.807) is 29.6 Å². The van der Waals surface area contributed by atoms with Crippen LogP contribution in [0.5, 0.6) is 5.75 Å². The van der Waals surface area contributed by atoms with Crippen LogP contribution in [0, 0.1) is 0 Å². The number of carbonyl (C=O) groups is 1. The Bertz CT molecular complexity index is 1110. The smallest absolute Gasteiger partial charge is 0.270 e. The van der Waals surface area contributed by atoms with Crippen molar-refractivity contribution in [2.75, 3.05) is 18.1 Å². The average molecular weight is 483 g/mol. The van der Waals surface area contributed by atoms with Crippen molar-refractivity contribution in [1.82, 2.24) is 14.5 Å². The van der Waals surface area contributed by atoms with E-state index >= 15 is 0 Å².